The number of nitrogens with two attached hydrogens (primary N) is 1. The Hall–Kier alpha value is -1.06. The van der Waals surface area contributed by atoms with Gasteiger partial charge in [-0.05, 0) is 17.7 Å². The quantitative estimate of drug-likeness (QED) is 0.775. The molecule has 2 nitrogen and oxygen atoms in total. The van der Waals surface area contributed by atoms with Gasteiger partial charge in [0.1, 0.15) is 13.8 Å². The minimum Gasteiger partial charge on any atom is -0.497 e. The summed E-state index contributed by atoms with van der Waals surface area (Å²) in [6.07, 6.45) is 0.776. The van der Waals surface area contributed by atoms with Crippen molar-refractivity contribution in [3.05, 3.63) is 42.1 Å². The summed E-state index contributed by atoms with van der Waals surface area (Å²) in [5, 5.41) is 0. The van der Waals surface area contributed by atoms with E-state index in [4.69, 9.17) is 10.5 Å². The highest BCUT2D eigenvalue weighted by Gasteiger charge is 2.16. The Bertz CT molecular complexity index is 319. The third-order valence-corrected chi connectivity index (χ3v) is 4.32. The first kappa shape index (κ1) is 12.0. The van der Waals surface area contributed by atoms with E-state index >= 15 is 0 Å². The molecule has 1 rings (SSSR count). The molecule has 0 aromatic heterocycles. The van der Waals surface area contributed by atoms with Crippen LogP contribution in [0.4, 0.5) is 0 Å². The zero-order chi connectivity index (χ0) is 11.3. The fraction of sp³-hybridized carbons (Fsp3) is 0.333. The van der Waals surface area contributed by atoms with Crippen molar-refractivity contribution in [3.63, 3.8) is 0 Å². The Morgan fingerprint density at radius 3 is 2.40 bits per heavy atom. The molecule has 1 aromatic rings. The second kappa shape index (κ2) is 5.14. The van der Waals surface area contributed by atoms with E-state index in [-0.39, 0.29) is 0 Å². The first-order valence-corrected chi connectivity index (χ1v) is 8.41. The Balaban J connectivity index is 2.54. The molecule has 3 heteroatoms. The standard InChI is InChI=1S/C12H19NOSi/c1-4-15(2,3)10-14-12-7-5-11(9-13)6-8-12/h4-8H,1,9-10,13H2,2-3H3. The number of ether oxygens (including phenoxy) is 1. The van der Waals surface area contributed by atoms with Crippen molar-refractivity contribution >= 4 is 8.07 Å². The van der Waals surface area contributed by atoms with Crippen molar-refractivity contribution < 1.29 is 4.74 Å². The summed E-state index contributed by atoms with van der Waals surface area (Å²) in [5.41, 5.74) is 8.69. The summed E-state index contributed by atoms with van der Waals surface area (Å²) < 4.78 is 5.71. The Morgan fingerprint density at radius 2 is 1.93 bits per heavy atom. The van der Waals surface area contributed by atoms with Crippen LogP contribution in [-0.2, 0) is 6.54 Å². The van der Waals surface area contributed by atoms with Crippen molar-refractivity contribution in [2.24, 2.45) is 5.73 Å². The van der Waals surface area contributed by atoms with E-state index in [2.05, 4.69) is 19.7 Å². The molecule has 0 saturated carbocycles. The molecule has 0 bridgehead atoms. The predicted molar refractivity (Wildman–Crippen MR) is 67.5 cm³/mol. The van der Waals surface area contributed by atoms with E-state index < -0.39 is 8.07 Å². The van der Waals surface area contributed by atoms with Crippen molar-refractivity contribution in [2.75, 3.05) is 6.23 Å². The van der Waals surface area contributed by atoms with Crippen molar-refractivity contribution in [3.8, 4) is 5.75 Å². The van der Waals surface area contributed by atoms with Gasteiger partial charge in [0.2, 0.25) is 0 Å². The summed E-state index contributed by atoms with van der Waals surface area (Å²) in [7, 11) is -1.36. The molecule has 1 aromatic carbocycles. The SMILES string of the molecule is C=C[Si](C)(C)COc1ccc(CN)cc1. The Kier molecular flexibility index (Phi) is 4.12. The van der Waals surface area contributed by atoms with Gasteiger partial charge >= 0.3 is 0 Å². The van der Waals surface area contributed by atoms with Crippen molar-refractivity contribution in [1.29, 1.82) is 0 Å². The maximum atomic E-state index is 5.71. The number of rotatable bonds is 5. The summed E-state index contributed by atoms with van der Waals surface area (Å²) >= 11 is 0. The van der Waals surface area contributed by atoms with Crippen LogP contribution >= 0.6 is 0 Å². The molecule has 15 heavy (non-hydrogen) atoms. The maximum Gasteiger partial charge on any atom is 0.118 e. The predicted octanol–water partition coefficient (Wildman–Crippen LogP) is 2.50. The van der Waals surface area contributed by atoms with Gasteiger partial charge in [-0.3, -0.25) is 0 Å². The molecule has 0 radical (unpaired) electrons. The second-order valence-electron chi connectivity index (χ2n) is 4.33. The molecule has 0 spiro atoms. The summed E-state index contributed by atoms with van der Waals surface area (Å²) in [5.74, 6) is 0.912. The van der Waals surface area contributed by atoms with E-state index in [9.17, 15) is 0 Å². The topological polar surface area (TPSA) is 35.2 Å². The van der Waals surface area contributed by atoms with Gasteiger partial charge in [-0.25, -0.2) is 0 Å². The minimum absolute atomic E-state index is 0.577. The molecule has 0 aliphatic carbocycles. The van der Waals surface area contributed by atoms with Gasteiger partial charge in [0.05, 0.1) is 6.23 Å². The third kappa shape index (κ3) is 3.89. The molecule has 0 aliphatic heterocycles. The minimum atomic E-state index is -1.36. The Morgan fingerprint density at radius 1 is 1.33 bits per heavy atom. The monoisotopic (exact) mass is 221 g/mol. The van der Waals surface area contributed by atoms with Crippen LogP contribution in [-0.4, -0.2) is 14.3 Å². The lowest BCUT2D eigenvalue weighted by Crippen LogP contribution is -2.31. The van der Waals surface area contributed by atoms with Crippen LogP contribution in [0, 0.1) is 0 Å². The molecule has 0 saturated heterocycles. The summed E-state index contributed by atoms with van der Waals surface area (Å²) in [6.45, 7) is 8.87. The molecule has 82 valence electrons. The summed E-state index contributed by atoms with van der Waals surface area (Å²) in [6, 6.07) is 7.93. The third-order valence-electron chi connectivity index (χ3n) is 2.32. The van der Waals surface area contributed by atoms with Gasteiger partial charge in [-0.1, -0.05) is 30.9 Å². The zero-order valence-corrected chi connectivity index (χ0v) is 10.5. The smallest absolute Gasteiger partial charge is 0.118 e. The van der Waals surface area contributed by atoms with Crippen LogP contribution < -0.4 is 10.5 Å². The second-order valence-corrected chi connectivity index (χ2v) is 9.00. The average Bonchev–Trinajstić information content (AvgIpc) is 2.27. The van der Waals surface area contributed by atoms with Crippen LogP contribution in [0.15, 0.2) is 36.5 Å². The zero-order valence-electron chi connectivity index (χ0n) is 9.49. The van der Waals surface area contributed by atoms with E-state index in [0.29, 0.717) is 6.54 Å². The van der Waals surface area contributed by atoms with Crippen LogP contribution in [0.5, 0.6) is 5.75 Å². The molecule has 0 aliphatic rings. The summed E-state index contributed by atoms with van der Waals surface area (Å²) in [4.78, 5) is 0. The van der Waals surface area contributed by atoms with Gasteiger partial charge in [0.25, 0.3) is 0 Å². The number of benzene rings is 1. The lowest BCUT2D eigenvalue weighted by Gasteiger charge is -2.17. The molecule has 0 atom stereocenters. The van der Waals surface area contributed by atoms with E-state index in [1.807, 2.05) is 30.0 Å². The number of hydrogen-bond donors (Lipinski definition) is 1. The normalized spacial score (nSPS) is 11.1. The van der Waals surface area contributed by atoms with Gasteiger partial charge < -0.3 is 10.5 Å². The largest absolute Gasteiger partial charge is 0.497 e. The fourth-order valence-electron chi connectivity index (χ4n) is 1.05. The van der Waals surface area contributed by atoms with Gasteiger partial charge in [0, 0.05) is 6.54 Å². The highest BCUT2D eigenvalue weighted by atomic mass is 28.3. The van der Waals surface area contributed by atoms with Gasteiger partial charge in [0.15, 0.2) is 0 Å². The molecule has 0 amide bonds. The van der Waals surface area contributed by atoms with E-state index in [1.165, 1.54) is 0 Å². The van der Waals surface area contributed by atoms with Crippen LogP contribution in [0.25, 0.3) is 0 Å². The lowest BCUT2D eigenvalue weighted by atomic mass is 10.2. The molecule has 0 unspecified atom stereocenters. The highest BCUT2D eigenvalue weighted by Crippen LogP contribution is 2.14. The van der Waals surface area contributed by atoms with Gasteiger partial charge in [-0.2, -0.15) is 0 Å². The molecule has 2 N–H and O–H groups in total. The fourth-order valence-corrected chi connectivity index (χ4v) is 1.71. The highest BCUT2D eigenvalue weighted by molar-refractivity contribution is 6.82. The lowest BCUT2D eigenvalue weighted by molar-refractivity contribution is 0.379. The molecule has 0 heterocycles. The van der Waals surface area contributed by atoms with E-state index in [1.54, 1.807) is 0 Å². The van der Waals surface area contributed by atoms with E-state index in [0.717, 1.165) is 17.5 Å². The van der Waals surface area contributed by atoms with Crippen molar-refractivity contribution in [2.45, 2.75) is 19.6 Å². The molecular weight excluding hydrogens is 202 g/mol. The van der Waals surface area contributed by atoms with Gasteiger partial charge in [-0.15, -0.1) is 6.58 Å². The first-order valence-electron chi connectivity index (χ1n) is 5.13. The van der Waals surface area contributed by atoms with Crippen molar-refractivity contribution in [1.82, 2.24) is 0 Å². The molecular formula is C12H19NOSi. The maximum absolute atomic E-state index is 5.71. The first-order chi connectivity index (χ1) is 7.07. The Labute approximate surface area is 92.8 Å². The number of hydrogen-bond acceptors (Lipinski definition) is 2. The average molecular weight is 221 g/mol. The van der Waals surface area contributed by atoms with Crippen LogP contribution in [0.2, 0.25) is 13.1 Å². The molecule has 0 fully saturated rings. The van der Waals surface area contributed by atoms with Crippen LogP contribution in [0.3, 0.4) is 0 Å². The van der Waals surface area contributed by atoms with Crippen LogP contribution in [0.1, 0.15) is 5.56 Å².